The Labute approximate surface area is 158 Å². The van der Waals surface area contributed by atoms with Crippen LogP contribution in [0.5, 0.6) is 0 Å². The molecular formula is C24H22NS+. The van der Waals surface area contributed by atoms with Crippen molar-refractivity contribution in [3.05, 3.63) is 65.9 Å². The maximum absolute atomic E-state index is 2.40. The van der Waals surface area contributed by atoms with Gasteiger partial charge in [0.15, 0.2) is 6.20 Å². The van der Waals surface area contributed by atoms with Crippen LogP contribution in [-0.2, 0) is 7.05 Å². The third kappa shape index (κ3) is 2.15. The number of nitrogens with zero attached hydrogens (tertiary/aromatic N) is 1. The van der Waals surface area contributed by atoms with Crippen LogP contribution < -0.4 is 4.57 Å². The van der Waals surface area contributed by atoms with E-state index in [2.05, 4.69) is 87.1 Å². The van der Waals surface area contributed by atoms with E-state index in [1.165, 1.54) is 53.7 Å². The van der Waals surface area contributed by atoms with Crippen molar-refractivity contribution in [2.24, 2.45) is 7.05 Å². The van der Waals surface area contributed by atoms with Crippen LogP contribution in [0.15, 0.2) is 64.5 Å². The Bertz CT molecular complexity index is 1200. The minimum atomic E-state index is 0.536. The van der Waals surface area contributed by atoms with Gasteiger partial charge in [0.25, 0.3) is 0 Å². The summed E-state index contributed by atoms with van der Waals surface area (Å²) in [5.41, 5.74) is 5.55. The molecule has 1 aromatic heterocycles. The van der Waals surface area contributed by atoms with Crippen LogP contribution in [-0.4, -0.2) is 0 Å². The van der Waals surface area contributed by atoms with Crippen molar-refractivity contribution in [3.63, 3.8) is 0 Å². The Hall–Kier alpha value is -2.32. The summed E-state index contributed by atoms with van der Waals surface area (Å²) in [5.74, 6) is 0.536. The molecule has 5 rings (SSSR count). The lowest BCUT2D eigenvalue weighted by Crippen LogP contribution is -2.31. The quantitative estimate of drug-likeness (QED) is 0.315. The van der Waals surface area contributed by atoms with E-state index >= 15 is 0 Å². The normalized spacial score (nSPS) is 12.8. The molecule has 1 aliphatic rings. The van der Waals surface area contributed by atoms with Crippen molar-refractivity contribution in [3.8, 4) is 11.3 Å². The fourth-order valence-corrected chi connectivity index (χ4v) is 5.48. The molecule has 0 aliphatic carbocycles. The summed E-state index contributed by atoms with van der Waals surface area (Å²) in [6.45, 7) is 6.82. The van der Waals surface area contributed by atoms with Crippen molar-refractivity contribution >= 4 is 33.3 Å². The SMILES string of the molecule is Cc1c2c(cc3ccccc13)Sc1cc(C(C)C)cc3cc[n+](C)c-2c13. The molecule has 0 atom stereocenters. The zero-order valence-corrected chi connectivity index (χ0v) is 16.4. The Morgan fingerprint density at radius 1 is 0.923 bits per heavy atom. The highest BCUT2D eigenvalue weighted by atomic mass is 32.2. The summed E-state index contributed by atoms with van der Waals surface area (Å²) in [7, 11) is 2.17. The molecule has 0 amide bonds. The van der Waals surface area contributed by atoms with Crippen LogP contribution >= 0.6 is 11.8 Å². The number of benzene rings is 3. The maximum atomic E-state index is 2.40. The lowest BCUT2D eigenvalue weighted by molar-refractivity contribution is -0.659. The summed E-state index contributed by atoms with van der Waals surface area (Å²) in [4.78, 5) is 2.76. The van der Waals surface area contributed by atoms with E-state index in [0.29, 0.717) is 5.92 Å². The van der Waals surface area contributed by atoms with Gasteiger partial charge in [-0.2, -0.15) is 0 Å². The van der Waals surface area contributed by atoms with Crippen molar-refractivity contribution in [1.82, 2.24) is 0 Å². The van der Waals surface area contributed by atoms with Crippen molar-refractivity contribution in [2.45, 2.75) is 36.5 Å². The molecule has 0 radical (unpaired) electrons. The van der Waals surface area contributed by atoms with Crippen LogP contribution in [0.2, 0.25) is 0 Å². The van der Waals surface area contributed by atoms with Gasteiger partial charge in [0.1, 0.15) is 7.05 Å². The van der Waals surface area contributed by atoms with Crippen LogP contribution in [0.1, 0.15) is 30.9 Å². The van der Waals surface area contributed by atoms with Crippen molar-refractivity contribution < 1.29 is 4.57 Å². The van der Waals surface area contributed by atoms with Crippen LogP contribution in [0.4, 0.5) is 0 Å². The second-order valence-electron chi connectivity index (χ2n) is 7.61. The van der Waals surface area contributed by atoms with Gasteiger partial charge in [-0.05, 0) is 52.3 Å². The zero-order valence-electron chi connectivity index (χ0n) is 15.6. The molecule has 128 valence electrons. The van der Waals surface area contributed by atoms with Gasteiger partial charge in [-0.3, -0.25) is 0 Å². The average Bonchev–Trinajstić information content (AvgIpc) is 2.63. The van der Waals surface area contributed by atoms with E-state index in [-0.39, 0.29) is 0 Å². The minimum absolute atomic E-state index is 0.536. The predicted molar refractivity (Wildman–Crippen MR) is 111 cm³/mol. The third-order valence-electron chi connectivity index (χ3n) is 5.62. The monoisotopic (exact) mass is 356 g/mol. The first-order valence-corrected chi connectivity index (χ1v) is 10.0. The fourth-order valence-electron chi connectivity index (χ4n) is 4.19. The van der Waals surface area contributed by atoms with Crippen molar-refractivity contribution in [2.75, 3.05) is 0 Å². The van der Waals surface area contributed by atoms with Gasteiger partial charge in [0.2, 0.25) is 5.69 Å². The van der Waals surface area contributed by atoms with Gasteiger partial charge in [0.05, 0.1) is 10.9 Å². The Balaban J connectivity index is 1.95. The van der Waals surface area contributed by atoms with Gasteiger partial charge in [-0.1, -0.05) is 55.9 Å². The van der Waals surface area contributed by atoms with E-state index in [1.807, 2.05) is 11.8 Å². The second-order valence-corrected chi connectivity index (χ2v) is 8.69. The Morgan fingerprint density at radius 2 is 1.73 bits per heavy atom. The smallest absolute Gasteiger partial charge is 0.200 e. The number of rotatable bonds is 1. The third-order valence-corrected chi connectivity index (χ3v) is 6.70. The lowest BCUT2D eigenvalue weighted by atomic mass is 9.92. The number of aromatic nitrogens is 1. The van der Waals surface area contributed by atoms with E-state index in [4.69, 9.17) is 0 Å². The molecule has 0 unspecified atom stereocenters. The fraction of sp³-hybridized carbons (Fsp3) is 0.208. The molecule has 4 aromatic rings. The Morgan fingerprint density at radius 3 is 2.54 bits per heavy atom. The minimum Gasteiger partial charge on any atom is -0.200 e. The molecule has 0 bridgehead atoms. The largest absolute Gasteiger partial charge is 0.222 e. The highest BCUT2D eigenvalue weighted by Gasteiger charge is 2.29. The average molecular weight is 357 g/mol. The van der Waals surface area contributed by atoms with Crippen LogP contribution in [0.25, 0.3) is 32.8 Å². The summed E-state index contributed by atoms with van der Waals surface area (Å²) in [5, 5.41) is 5.43. The van der Waals surface area contributed by atoms with Gasteiger partial charge in [-0.15, -0.1) is 0 Å². The topological polar surface area (TPSA) is 3.88 Å². The molecule has 0 N–H and O–H groups in total. The van der Waals surface area contributed by atoms with Gasteiger partial charge in [-0.25, -0.2) is 4.57 Å². The Kier molecular flexibility index (Phi) is 3.42. The molecular weight excluding hydrogens is 334 g/mol. The van der Waals surface area contributed by atoms with Crippen LogP contribution in [0, 0.1) is 6.92 Å². The number of pyridine rings is 1. The molecule has 1 nitrogen and oxygen atoms in total. The van der Waals surface area contributed by atoms with E-state index in [1.54, 1.807) is 0 Å². The zero-order chi connectivity index (χ0) is 18.0. The highest BCUT2D eigenvalue weighted by Crippen LogP contribution is 2.49. The lowest BCUT2D eigenvalue weighted by Gasteiger charge is -2.22. The molecule has 0 fully saturated rings. The van der Waals surface area contributed by atoms with Gasteiger partial charge in [0, 0.05) is 15.9 Å². The highest BCUT2D eigenvalue weighted by molar-refractivity contribution is 7.99. The number of hydrogen-bond acceptors (Lipinski definition) is 1. The molecule has 2 heteroatoms. The molecule has 0 saturated heterocycles. The second kappa shape index (κ2) is 5.59. The molecule has 2 heterocycles. The molecule has 1 aliphatic heterocycles. The molecule has 26 heavy (non-hydrogen) atoms. The maximum Gasteiger partial charge on any atom is 0.222 e. The molecule has 0 saturated carbocycles. The van der Waals surface area contributed by atoms with Crippen molar-refractivity contribution in [1.29, 1.82) is 0 Å². The first-order valence-electron chi connectivity index (χ1n) is 9.21. The first-order chi connectivity index (χ1) is 12.5. The standard InChI is InChI=1S/C24H22NS/c1-14(2)18-11-17-9-10-25(4)24-22-15(3)19-8-6-5-7-16(19)12-20(22)26-21(13-18)23(17)24/h5-14H,1-4H3/q+1. The number of aryl methyl sites for hydroxylation is 2. The molecule has 0 spiro atoms. The summed E-state index contributed by atoms with van der Waals surface area (Å²) < 4.78 is 2.29. The number of hydrogen-bond donors (Lipinski definition) is 0. The van der Waals surface area contributed by atoms with Crippen LogP contribution in [0.3, 0.4) is 0 Å². The summed E-state index contributed by atoms with van der Waals surface area (Å²) in [6, 6.07) is 18.1. The summed E-state index contributed by atoms with van der Waals surface area (Å²) >= 11 is 1.93. The molecule has 3 aromatic carbocycles. The van der Waals surface area contributed by atoms with E-state index in [9.17, 15) is 0 Å². The van der Waals surface area contributed by atoms with Gasteiger partial charge < -0.3 is 0 Å². The predicted octanol–water partition coefficient (Wildman–Crippen LogP) is 6.38. The first kappa shape index (κ1) is 15.9. The van der Waals surface area contributed by atoms with E-state index in [0.717, 1.165) is 0 Å². The summed E-state index contributed by atoms with van der Waals surface area (Å²) in [6.07, 6.45) is 2.21. The van der Waals surface area contributed by atoms with Gasteiger partial charge >= 0.3 is 0 Å². The van der Waals surface area contributed by atoms with E-state index < -0.39 is 0 Å². The number of fused-ring (bicyclic) bond motifs is 3.